The van der Waals surface area contributed by atoms with Gasteiger partial charge in [-0.2, -0.15) is 0 Å². The lowest BCUT2D eigenvalue weighted by Crippen LogP contribution is -2.20. The Bertz CT molecular complexity index is 1480. The Hall–Kier alpha value is -3.86. The third-order valence-electron chi connectivity index (χ3n) is 6.28. The zero-order valence-electron chi connectivity index (χ0n) is 20.2. The van der Waals surface area contributed by atoms with E-state index >= 15 is 0 Å². The number of fused-ring (bicyclic) bond motifs is 1. The fourth-order valence-electron chi connectivity index (χ4n) is 4.42. The van der Waals surface area contributed by atoms with Gasteiger partial charge in [0.05, 0.1) is 22.5 Å². The summed E-state index contributed by atoms with van der Waals surface area (Å²) in [6.07, 6.45) is 1.03. The molecule has 0 fully saturated rings. The maximum absolute atomic E-state index is 10.8. The highest BCUT2D eigenvalue weighted by atomic mass is 35.5. The molecule has 0 unspecified atom stereocenters. The van der Waals surface area contributed by atoms with Gasteiger partial charge < -0.3 is 15.0 Å². The second-order valence-electron chi connectivity index (χ2n) is 9.00. The lowest BCUT2D eigenvalue weighted by Gasteiger charge is -2.17. The van der Waals surface area contributed by atoms with Crippen molar-refractivity contribution in [1.29, 1.82) is 0 Å². The van der Waals surface area contributed by atoms with Crippen LogP contribution in [0.4, 0.5) is 5.69 Å². The van der Waals surface area contributed by atoms with Gasteiger partial charge in [0.15, 0.2) is 5.88 Å². The summed E-state index contributed by atoms with van der Waals surface area (Å²) in [5.41, 5.74) is 6.47. The highest BCUT2D eigenvalue weighted by Crippen LogP contribution is 2.33. The van der Waals surface area contributed by atoms with Crippen molar-refractivity contribution in [3.63, 3.8) is 0 Å². The number of rotatable bonds is 8. The summed E-state index contributed by atoms with van der Waals surface area (Å²) in [7, 11) is 2.15. The molecule has 0 aliphatic carbocycles. The fourth-order valence-corrected chi connectivity index (χ4v) is 4.59. The molecule has 0 bridgehead atoms. The maximum Gasteiger partial charge on any atom is 0.199 e. The molecule has 2 N–H and O–H groups in total. The lowest BCUT2D eigenvalue weighted by atomic mass is 10.0. The number of likely N-dealkylation sites (N-methyl/N-ethyl adjacent to an activating group) is 1. The number of hydrogen-bond acceptors (Lipinski definition) is 3. The first-order valence-corrected chi connectivity index (χ1v) is 12.4. The predicted molar refractivity (Wildman–Crippen MR) is 150 cm³/mol. The highest BCUT2D eigenvalue weighted by Gasteiger charge is 2.18. The van der Waals surface area contributed by atoms with Crippen LogP contribution in [-0.4, -0.2) is 34.3 Å². The van der Waals surface area contributed by atoms with Gasteiger partial charge in [0.2, 0.25) is 0 Å². The van der Waals surface area contributed by atoms with Crippen molar-refractivity contribution in [3.05, 3.63) is 130 Å². The van der Waals surface area contributed by atoms with Gasteiger partial charge in [0, 0.05) is 29.1 Å². The fraction of sp³-hybridized carbons (Fsp3) is 0.129. The minimum atomic E-state index is 0.0755. The summed E-state index contributed by atoms with van der Waals surface area (Å²) in [5.74, 6) is 0.0755. The number of aromatic nitrogens is 1. The van der Waals surface area contributed by atoms with Crippen LogP contribution in [0.3, 0.4) is 0 Å². The number of benzene rings is 4. The molecule has 1 heterocycles. The molecular formula is C31H28ClN3O. The standard InChI is InChI=1S/C31H28ClN3O/c1-35(19-18-22-8-4-2-5-9-22)21-23-12-15-26(16-13-23)33-30(24-10-6-3-7-11-24)29-27-17-14-25(32)20-28(27)34-31(29)36/h2-17,20,34,36H,18-19,21H2,1H3. The quantitative estimate of drug-likeness (QED) is 0.222. The van der Waals surface area contributed by atoms with Crippen molar-refractivity contribution in [2.45, 2.75) is 13.0 Å². The maximum atomic E-state index is 10.8. The van der Waals surface area contributed by atoms with Crippen molar-refractivity contribution < 1.29 is 5.11 Å². The van der Waals surface area contributed by atoms with Gasteiger partial charge in [0.25, 0.3) is 0 Å². The molecule has 180 valence electrons. The Morgan fingerprint density at radius 3 is 2.28 bits per heavy atom. The van der Waals surface area contributed by atoms with E-state index in [0.29, 0.717) is 16.3 Å². The second-order valence-corrected chi connectivity index (χ2v) is 9.44. The Balaban J connectivity index is 1.40. The van der Waals surface area contributed by atoms with Gasteiger partial charge in [-0.1, -0.05) is 90.5 Å². The van der Waals surface area contributed by atoms with Gasteiger partial charge >= 0.3 is 0 Å². The molecule has 0 saturated carbocycles. The number of halogens is 1. The first-order chi connectivity index (χ1) is 17.6. The number of nitrogens with zero attached hydrogens (tertiary/aromatic N) is 2. The van der Waals surface area contributed by atoms with E-state index in [9.17, 15) is 5.11 Å². The largest absolute Gasteiger partial charge is 0.494 e. The number of aromatic hydroxyl groups is 1. The zero-order valence-corrected chi connectivity index (χ0v) is 20.9. The molecule has 5 aromatic rings. The van der Waals surface area contributed by atoms with Gasteiger partial charge in [-0.05, 0) is 48.9 Å². The summed E-state index contributed by atoms with van der Waals surface area (Å²) >= 11 is 6.17. The van der Waals surface area contributed by atoms with E-state index in [0.717, 1.165) is 41.7 Å². The third kappa shape index (κ3) is 5.51. The van der Waals surface area contributed by atoms with Gasteiger partial charge in [0.1, 0.15) is 0 Å². The molecule has 0 amide bonds. The van der Waals surface area contributed by atoms with E-state index in [1.165, 1.54) is 11.1 Å². The van der Waals surface area contributed by atoms with Gasteiger partial charge in [-0.3, -0.25) is 0 Å². The first kappa shape index (κ1) is 23.9. The smallest absolute Gasteiger partial charge is 0.199 e. The molecule has 5 rings (SSSR count). The van der Waals surface area contributed by atoms with E-state index in [2.05, 4.69) is 59.4 Å². The van der Waals surface area contributed by atoms with E-state index in [1.54, 1.807) is 0 Å². The first-order valence-electron chi connectivity index (χ1n) is 12.0. The molecule has 4 nitrogen and oxygen atoms in total. The molecule has 4 aromatic carbocycles. The van der Waals surface area contributed by atoms with Crippen molar-refractivity contribution in [1.82, 2.24) is 9.88 Å². The minimum Gasteiger partial charge on any atom is -0.494 e. The van der Waals surface area contributed by atoms with E-state index < -0.39 is 0 Å². The average molecular weight is 494 g/mol. The summed E-state index contributed by atoms with van der Waals surface area (Å²) in [5, 5.41) is 12.3. The molecule has 0 atom stereocenters. The van der Waals surface area contributed by atoms with Crippen LogP contribution in [0.1, 0.15) is 22.3 Å². The molecule has 0 aliphatic rings. The molecular weight excluding hydrogens is 466 g/mol. The summed E-state index contributed by atoms with van der Waals surface area (Å²) in [6, 6.07) is 34.4. The van der Waals surface area contributed by atoms with E-state index in [-0.39, 0.29) is 5.88 Å². The normalized spacial score (nSPS) is 11.9. The average Bonchev–Trinajstić information content (AvgIpc) is 3.22. The van der Waals surface area contributed by atoms with Crippen molar-refractivity contribution in [3.8, 4) is 5.88 Å². The van der Waals surface area contributed by atoms with Crippen molar-refractivity contribution in [2.75, 3.05) is 13.6 Å². The summed E-state index contributed by atoms with van der Waals surface area (Å²) < 4.78 is 0. The van der Waals surface area contributed by atoms with E-state index in [4.69, 9.17) is 16.6 Å². The number of H-pyrrole nitrogens is 1. The van der Waals surface area contributed by atoms with Gasteiger partial charge in [-0.25, -0.2) is 4.99 Å². The Morgan fingerprint density at radius 2 is 1.56 bits per heavy atom. The molecule has 0 spiro atoms. The third-order valence-corrected chi connectivity index (χ3v) is 6.51. The molecule has 36 heavy (non-hydrogen) atoms. The SMILES string of the molecule is CN(CCc1ccccc1)Cc1ccc(N=C(c2ccccc2)c2c(O)[nH]c3cc(Cl)ccc23)cc1. The topological polar surface area (TPSA) is 51.6 Å². The number of aliphatic imine (C=N–C) groups is 1. The molecule has 0 radical (unpaired) electrons. The monoisotopic (exact) mass is 493 g/mol. The van der Waals surface area contributed by atoms with Crippen LogP contribution in [0.25, 0.3) is 10.9 Å². The predicted octanol–water partition coefficient (Wildman–Crippen LogP) is 7.37. The minimum absolute atomic E-state index is 0.0755. The Labute approximate surface area is 216 Å². The second kappa shape index (κ2) is 10.8. The molecule has 0 aliphatic heterocycles. The van der Waals surface area contributed by atoms with Crippen LogP contribution in [0.2, 0.25) is 5.02 Å². The van der Waals surface area contributed by atoms with Gasteiger partial charge in [-0.15, -0.1) is 0 Å². The van der Waals surface area contributed by atoms with E-state index in [1.807, 2.05) is 60.7 Å². The Kier molecular flexibility index (Phi) is 7.17. The van der Waals surface area contributed by atoms with Crippen molar-refractivity contribution in [2.24, 2.45) is 4.99 Å². The Morgan fingerprint density at radius 1 is 0.861 bits per heavy atom. The van der Waals surface area contributed by atoms with Crippen LogP contribution in [0, 0.1) is 0 Å². The van der Waals surface area contributed by atoms with Crippen molar-refractivity contribution >= 4 is 33.9 Å². The van der Waals surface area contributed by atoms with Crippen LogP contribution in [0.5, 0.6) is 5.88 Å². The number of hydrogen-bond donors (Lipinski definition) is 2. The summed E-state index contributed by atoms with van der Waals surface area (Å²) in [6.45, 7) is 1.86. The van der Waals surface area contributed by atoms with Crippen LogP contribution in [0.15, 0.2) is 108 Å². The summed E-state index contributed by atoms with van der Waals surface area (Å²) in [4.78, 5) is 10.4. The number of aromatic amines is 1. The van der Waals surface area contributed by atoms with Crippen LogP contribution < -0.4 is 0 Å². The lowest BCUT2D eigenvalue weighted by molar-refractivity contribution is 0.331. The zero-order chi connectivity index (χ0) is 24.9. The molecule has 0 saturated heterocycles. The molecule has 1 aromatic heterocycles. The molecule has 5 heteroatoms. The highest BCUT2D eigenvalue weighted by molar-refractivity contribution is 6.31. The van der Waals surface area contributed by atoms with Crippen LogP contribution in [-0.2, 0) is 13.0 Å². The van der Waals surface area contributed by atoms with Crippen LogP contribution >= 0.6 is 11.6 Å². The number of nitrogens with one attached hydrogen (secondary N) is 1.